The van der Waals surface area contributed by atoms with Crippen molar-refractivity contribution in [1.82, 2.24) is 9.97 Å². The van der Waals surface area contributed by atoms with Gasteiger partial charge in [0.15, 0.2) is 11.6 Å². The van der Waals surface area contributed by atoms with Gasteiger partial charge in [-0.1, -0.05) is 17.7 Å². The average Bonchev–Trinajstić information content (AvgIpc) is 3.20. The summed E-state index contributed by atoms with van der Waals surface area (Å²) in [6, 6.07) is 7.98. The van der Waals surface area contributed by atoms with Crippen molar-refractivity contribution < 1.29 is 14.3 Å². The number of aromatic carboxylic acids is 1. The van der Waals surface area contributed by atoms with Gasteiger partial charge in [0, 0.05) is 10.4 Å². The normalized spacial score (nSPS) is 11.2. The van der Waals surface area contributed by atoms with Crippen LogP contribution in [0.25, 0.3) is 33.1 Å². The van der Waals surface area contributed by atoms with Gasteiger partial charge in [-0.05, 0) is 43.7 Å². The fourth-order valence-electron chi connectivity index (χ4n) is 2.83. The van der Waals surface area contributed by atoms with Crippen molar-refractivity contribution in [3.05, 3.63) is 61.7 Å². The minimum atomic E-state index is -1.09. The van der Waals surface area contributed by atoms with Gasteiger partial charge in [0.25, 0.3) is 5.56 Å². The number of nitrogens with one attached hydrogen (secondary N) is 1. The minimum Gasteiger partial charge on any atom is -0.478 e. The minimum absolute atomic E-state index is 0.0204. The van der Waals surface area contributed by atoms with Crippen LogP contribution in [0.4, 0.5) is 0 Å². The van der Waals surface area contributed by atoms with E-state index in [9.17, 15) is 9.59 Å². The Morgan fingerprint density at radius 2 is 1.96 bits per heavy atom. The first kappa shape index (κ1) is 17.5. The van der Waals surface area contributed by atoms with Crippen LogP contribution in [0.3, 0.4) is 0 Å². The highest BCUT2D eigenvalue weighted by Gasteiger charge is 2.16. The highest BCUT2D eigenvalue weighted by molar-refractivity contribution is 7.18. The number of carboxylic acids is 1. The molecular formula is C19H13ClN2O4S. The molecule has 3 heterocycles. The molecule has 0 bridgehead atoms. The van der Waals surface area contributed by atoms with E-state index in [4.69, 9.17) is 21.1 Å². The standard InChI is InChI=1S/C19H13ClN2O4S/c1-8-9(2)27-18-15(8)17(23)21-16(22-18)14-6-5-13(26-14)10-3-4-11(19(24)25)12(20)7-10/h3-7H,1-2H3,(H,24,25)(H,21,22,23). The van der Waals surface area contributed by atoms with Crippen molar-refractivity contribution >= 4 is 39.1 Å². The lowest BCUT2D eigenvalue weighted by atomic mass is 10.1. The van der Waals surface area contributed by atoms with Crippen LogP contribution in [-0.4, -0.2) is 21.0 Å². The Morgan fingerprint density at radius 3 is 2.67 bits per heavy atom. The summed E-state index contributed by atoms with van der Waals surface area (Å²) < 4.78 is 5.82. The van der Waals surface area contributed by atoms with E-state index in [1.165, 1.54) is 23.5 Å². The van der Waals surface area contributed by atoms with E-state index in [-0.39, 0.29) is 16.1 Å². The zero-order valence-corrected chi connectivity index (χ0v) is 15.9. The summed E-state index contributed by atoms with van der Waals surface area (Å²) in [6.45, 7) is 3.86. The Bertz CT molecular complexity index is 1270. The van der Waals surface area contributed by atoms with Crippen LogP contribution >= 0.6 is 22.9 Å². The topological polar surface area (TPSA) is 96.2 Å². The maximum Gasteiger partial charge on any atom is 0.337 e. The molecule has 0 saturated heterocycles. The smallest absolute Gasteiger partial charge is 0.337 e. The second kappa shape index (κ2) is 6.37. The fourth-order valence-corrected chi connectivity index (χ4v) is 4.12. The lowest BCUT2D eigenvalue weighted by Gasteiger charge is -2.02. The molecule has 2 N–H and O–H groups in total. The van der Waals surface area contributed by atoms with Crippen molar-refractivity contribution in [2.75, 3.05) is 0 Å². The van der Waals surface area contributed by atoms with Gasteiger partial charge < -0.3 is 14.5 Å². The molecule has 0 radical (unpaired) electrons. The Morgan fingerprint density at radius 1 is 1.22 bits per heavy atom. The summed E-state index contributed by atoms with van der Waals surface area (Å²) in [5.74, 6) is 0.146. The van der Waals surface area contributed by atoms with Gasteiger partial charge >= 0.3 is 5.97 Å². The average molecular weight is 401 g/mol. The summed E-state index contributed by atoms with van der Waals surface area (Å²) in [5.41, 5.74) is 1.38. The van der Waals surface area contributed by atoms with E-state index in [1.54, 1.807) is 18.2 Å². The second-order valence-corrected chi connectivity index (χ2v) is 7.65. The molecule has 8 heteroatoms. The third-order valence-electron chi connectivity index (χ3n) is 4.36. The van der Waals surface area contributed by atoms with E-state index in [2.05, 4.69) is 9.97 Å². The number of halogens is 1. The van der Waals surface area contributed by atoms with Gasteiger partial charge in [0.05, 0.1) is 16.0 Å². The van der Waals surface area contributed by atoms with Crippen LogP contribution in [0.5, 0.6) is 0 Å². The van der Waals surface area contributed by atoms with Crippen LogP contribution in [0.2, 0.25) is 5.02 Å². The Balaban J connectivity index is 1.77. The van der Waals surface area contributed by atoms with E-state index < -0.39 is 5.97 Å². The number of benzene rings is 1. The van der Waals surface area contributed by atoms with Crippen LogP contribution in [0, 0.1) is 13.8 Å². The van der Waals surface area contributed by atoms with Gasteiger partial charge in [-0.3, -0.25) is 4.79 Å². The largest absolute Gasteiger partial charge is 0.478 e. The summed E-state index contributed by atoms with van der Waals surface area (Å²) in [4.78, 5) is 32.5. The number of hydrogen-bond acceptors (Lipinski definition) is 5. The maximum absolute atomic E-state index is 12.4. The molecule has 27 heavy (non-hydrogen) atoms. The molecule has 0 amide bonds. The molecule has 1 aromatic carbocycles. The highest BCUT2D eigenvalue weighted by atomic mass is 35.5. The zero-order chi connectivity index (χ0) is 19.3. The Kier molecular flexibility index (Phi) is 4.13. The van der Waals surface area contributed by atoms with Gasteiger partial charge in [0.1, 0.15) is 10.6 Å². The first-order valence-electron chi connectivity index (χ1n) is 7.98. The van der Waals surface area contributed by atoms with E-state index >= 15 is 0 Å². The molecule has 0 aliphatic heterocycles. The molecule has 3 aromatic heterocycles. The van der Waals surface area contributed by atoms with Crippen LogP contribution in [-0.2, 0) is 0 Å². The maximum atomic E-state index is 12.4. The highest BCUT2D eigenvalue weighted by Crippen LogP contribution is 2.31. The van der Waals surface area contributed by atoms with Crippen LogP contribution in [0.1, 0.15) is 20.8 Å². The predicted molar refractivity (Wildman–Crippen MR) is 105 cm³/mol. The number of carboxylic acid groups (broad SMARTS) is 1. The Labute approximate surface area is 162 Å². The molecule has 4 rings (SSSR count). The first-order valence-corrected chi connectivity index (χ1v) is 9.18. The number of carbonyl (C=O) groups is 1. The molecule has 4 aromatic rings. The fraction of sp³-hybridized carbons (Fsp3) is 0.105. The van der Waals surface area contributed by atoms with Crippen LogP contribution < -0.4 is 5.56 Å². The molecule has 0 aliphatic rings. The lowest BCUT2D eigenvalue weighted by Crippen LogP contribution is -2.08. The SMILES string of the molecule is Cc1sc2nc(-c3ccc(-c4ccc(C(=O)O)c(Cl)c4)o3)[nH]c(=O)c2c1C. The predicted octanol–water partition coefficient (Wildman–Crippen LogP) is 4.88. The van der Waals surface area contributed by atoms with Crippen molar-refractivity contribution in [2.45, 2.75) is 13.8 Å². The van der Waals surface area contributed by atoms with E-state index in [0.717, 1.165) is 10.4 Å². The first-order chi connectivity index (χ1) is 12.8. The number of fused-ring (bicyclic) bond motifs is 1. The van der Waals surface area contributed by atoms with Crippen molar-refractivity contribution in [1.29, 1.82) is 0 Å². The number of aryl methyl sites for hydroxylation is 2. The van der Waals surface area contributed by atoms with Gasteiger partial charge in [-0.25, -0.2) is 9.78 Å². The molecule has 0 unspecified atom stereocenters. The third kappa shape index (κ3) is 2.94. The number of furan rings is 1. The molecule has 6 nitrogen and oxygen atoms in total. The Hall–Kier alpha value is -2.90. The number of rotatable bonds is 3. The third-order valence-corrected chi connectivity index (χ3v) is 5.78. The van der Waals surface area contributed by atoms with Gasteiger partial charge in [-0.2, -0.15) is 0 Å². The summed E-state index contributed by atoms with van der Waals surface area (Å²) in [6.07, 6.45) is 0. The van der Waals surface area contributed by atoms with E-state index in [1.807, 2.05) is 13.8 Å². The number of aromatic amines is 1. The number of aromatic nitrogens is 2. The molecule has 0 aliphatic carbocycles. The van der Waals surface area contributed by atoms with Gasteiger partial charge in [-0.15, -0.1) is 11.3 Å². The number of H-pyrrole nitrogens is 1. The quantitative estimate of drug-likeness (QED) is 0.511. The second-order valence-electron chi connectivity index (χ2n) is 6.04. The van der Waals surface area contributed by atoms with Crippen molar-refractivity contribution in [3.63, 3.8) is 0 Å². The zero-order valence-electron chi connectivity index (χ0n) is 14.3. The molecule has 0 spiro atoms. The number of hydrogen-bond donors (Lipinski definition) is 2. The summed E-state index contributed by atoms with van der Waals surface area (Å²) in [7, 11) is 0. The molecule has 0 saturated carbocycles. The van der Waals surface area contributed by atoms with Crippen LogP contribution in [0.15, 0.2) is 39.5 Å². The summed E-state index contributed by atoms with van der Waals surface area (Å²) in [5, 5.41) is 9.79. The summed E-state index contributed by atoms with van der Waals surface area (Å²) >= 11 is 7.49. The molecular weight excluding hydrogens is 388 g/mol. The lowest BCUT2D eigenvalue weighted by molar-refractivity contribution is 0.0697. The van der Waals surface area contributed by atoms with Crippen molar-refractivity contribution in [2.24, 2.45) is 0 Å². The molecule has 0 atom stereocenters. The molecule has 136 valence electrons. The van der Waals surface area contributed by atoms with Crippen molar-refractivity contribution in [3.8, 4) is 22.9 Å². The number of nitrogens with zero attached hydrogens (tertiary/aromatic N) is 1. The monoisotopic (exact) mass is 400 g/mol. The molecule has 0 fully saturated rings. The van der Waals surface area contributed by atoms with E-state index in [0.29, 0.717) is 33.1 Å². The van der Waals surface area contributed by atoms with Gasteiger partial charge in [0.2, 0.25) is 0 Å². The number of thiophene rings is 1.